The van der Waals surface area contributed by atoms with Crippen molar-refractivity contribution in [1.82, 2.24) is 0 Å². The van der Waals surface area contributed by atoms with Crippen molar-refractivity contribution in [2.45, 2.75) is 18.9 Å². The summed E-state index contributed by atoms with van der Waals surface area (Å²) >= 11 is 0. The first-order valence-electron chi connectivity index (χ1n) is 7.46. The highest BCUT2D eigenvalue weighted by molar-refractivity contribution is 5.59. The molecule has 0 saturated heterocycles. The predicted octanol–water partition coefficient (Wildman–Crippen LogP) is 4.37. The average Bonchev–Trinajstić information content (AvgIpc) is 2.97. The van der Waals surface area contributed by atoms with E-state index in [2.05, 4.69) is 71.6 Å². The van der Waals surface area contributed by atoms with E-state index in [-0.39, 0.29) is 0 Å². The zero-order valence-corrected chi connectivity index (χ0v) is 11.6. The van der Waals surface area contributed by atoms with Crippen LogP contribution in [0, 0.1) is 5.92 Å². The standard InChI is InChI=1S/C19H19N/c1-2-7-15(8-3-1)13-20-14-16-9-6-11-17(16)18-10-4-5-12-19(18)20/h1-8,10-12,16-17H,9,13-14H2. The molecule has 1 nitrogen and oxygen atoms in total. The highest BCUT2D eigenvalue weighted by atomic mass is 15.1. The molecule has 0 N–H and O–H groups in total. The van der Waals surface area contributed by atoms with Crippen LogP contribution in [0.2, 0.25) is 0 Å². The fraction of sp³-hybridized carbons (Fsp3) is 0.263. The maximum atomic E-state index is 2.55. The third-order valence-electron chi connectivity index (χ3n) is 4.60. The lowest BCUT2D eigenvalue weighted by Crippen LogP contribution is -2.35. The van der Waals surface area contributed by atoms with Crippen LogP contribution in [0.1, 0.15) is 23.5 Å². The highest BCUT2D eigenvalue weighted by Crippen LogP contribution is 2.44. The first-order chi connectivity index (χ1) is 9.92. The lowest BCUT2D eigenvalue weighted by atomic mass is 9.83. The molecule has 0 spiro atoms. The molecule has 2 aliphatic rings. The number of nitrogens with zero attached hydrogens (tertiary/aromatic N) is 1. The van der Waals surface area contributed by atoms with Crippen molar-refractivity contribution in [3.63, 3.8) is 0 Å². The summed E-state index contributed by atoms with van der Waals surface area (Å²) in [5, 5.41) is 0. The Morgan fingerprint density at radius 3 is 2.65 bits per heavy atom. The van der Waals surface area contributed by atoms with Gasteiger partial charge in [0.15, 0.2) is 0 Å². The number of hydrogen-bond donors (Lipinski definition) is 0. The number of allylic oxidation sites excluding steroid dienone is 2. The summed E-state index contributed by atoms with van der Waals surface area (Å²) in [6, 6.07) is 19.7. The van der Waals surface area contributed by atoms with Crippen LogP contribution in [-0.4, -0.2) is 6.54 Å². The van der Waals surface area contributed by atoms with E-state index in [0.29, 0.717) is 5.92 Å². The Labute approximate surface area is 120 Å². The second-order valence-corrected chi connectivity index (χ2v) is 5.87. The SMILES string of the molecule is C1=CC2c3ccccc3N(Cc3ccccc3)CC2C1. The minimum absolute atomic E-state index is 0.637. The van der Waals surface area contributed by atoms with E-state index in [4.69, 9.17) is 0 Å². The van der Waals surface area contributed by atoms with Gasteiger partial charge in [-0.3, -0.25) is 0 Å². The first kappa shape index (κ1) is 11.8. The summed E-state index contributed by atoms with van der Waals surface area (Å²) in [6.07, 6.45) is 5.99. The number of fused-ring (bicyclic) bond motifs is 3. The number of hydrogen-bond acceptors (Lipinski definition) is 1. The molecule has 1 heteroatoms. The molecular formula is C19H19N. The lowest BCUT2D eigenvalue weighted by molar-refractivity contribution is 0.474. The topological polar surface area (TPSA) is 3.24 Å². The molecular weight excluding hydrogens is 242 g/mol. The van der Waals surface area contributed by atoms with E-state index in [9.17, 15) is 0 Å². The van der Waals surface area contributed by atoms with Gasteiger partial charge in [0, 0.05) is 24.7 Å². The van der Waals surface area contributed by atoms with Gasteiger partial charge in [-0.05, 0) is 29.5 Å². The molecule has 0 aromatic heterocycles. The van der Waals surface area contributed by atoms with Crippen molar-refractivity contribution < 1.29 is 0 Å². The Bertz CT molecular complexity index is 629. The number of para-hydroxylation sites is 1. The van der Waals surface area contributed by atoms with Crippen molar-refractivity contribution in [2.75, 3.05) is 11.4 Å². The summed E-state index contributed by atoms with van der Waals surface area (Å²) in [6.45, 7) is 2.19. The molecule has 20 heavy (non-hydrogen) atoms. The summed E-state index contributed by atoms with van der Waals surface area (Å²) in [4.78, 5) is 2.55. The smallest absolute Gasteiger partial charge is 0.0429 e. The fourth-order valence-electron chi connectivity index (χ4n) is 3.64. The number of anilines is 1. The monoisotopic (exact) mass is 261 g/mol. The third kappa shape index (κ3) is 1.94. The molecule has 4 rings (SSSR count). The van der Waals surface area contributed by atoms with Crippen LogP contribution in [0.3, 0.4) is 0 Å². The molecule has 100 valence electrons. The van der Waals surface area contributed by atoms with Gasteiger partial charge in [0.25, 0.3) is 0 Å². The minimum atomic E-state index is 0.637. The average molecular weight is 261 g/mol. The third-order valence-corrected chi connectivity index (χ3v) is 4.60. The van der Waals surface area contributed by atoms with E-state index in [1.807, 2.05) is 0 Å². The molecule has 1 heterocycles. The minimum Gasteiger partial charge on any atom is -0.367 e. The molecule has 1 aliphatic heterocycles. The summed E-state index contributed by atoms with van der Waals surface area (Å²) in [5.74, 6) is 1.40. The zero-order chi connectivity index (χ0) is 13.4. The molecule has 2 unspecified atom stereocenters. The van der Waals surface area contributed by atoms with Crippen molar-refractivity contribution in [2.24, 2.45) is 5.92 Å². The van der Waals surface area contributed by atoms with Crippen molar-refractivity contribution in [1.29, 1.82) is 0 Å². The Hall–Kier alpha value is -2.02. The van der Waals surface area contributed by atoms with Gasteiger partial charge in [0.1, 0.15) is 0 Å². The van der Waals surface area contributed by atoms with Gasteiger partial charge in [-0.2, -0.15) is 0 Å². The van der Waals surface area contributed by atoms with E-state index in [1.165, 1.54) is 29.8 Å². The fourth-order valence-corrected chi connectivity index (χ4v) is 3.64. The van der Waals surface area contributed by atoms with E-state index < -0.39 is 0 Å². The Kier molecular flexibility index (Phi) is 2.84. The van der Waals surface area contributed by atoms with Gasteiger partial charge in [0.2, 0.25) is 0 Å². The number of benzene rings is 2. The quantitative estimate of drug-likeness (QED) is 0.726. The maximum Gasteiger partial charge on any atom is 0.0429 e. The molecule has 0 saturated carbocycles. The van der Waals surface area contributed by atoms with Gasteiger partial charge in [-0.1, -0.05) is 60.7 Å². The lowest BCUT2D eigenvalue weighted by Gasteiger charge is -2.38. The van der Waals surface area contributed by atoms with E-state index in [0.717, 1.165) is 12.5 Å². The first-order valence-corrected chi connectivity index (χ1v) is 7.46. The molecule has 2 aromatic carbocycles. The van der Waals surface area contributed by atoms with Gasteiger partial charge in [-0.25, -0.2) is 0 Å². The van der Waals surface area contributed by atoms with E-state index >= 15 is 0 Å². The van der Waals surface area contributed by atoms with Crippen LogP contribution in [0.5, 0.6) is 0 Å². The van der Waals surface area contributed by atoms with Crippen LogP contribution >= 0.6 is 0 Å². The normalized spacial score (nSPS) is 23.5. The maximum absolute atomic E-state index is 2.55. The van der Waals surface area contributed by atoms with Crippen molar-refractivity contribution >= 4 is 5.69 Å². The van der Waals surface area contributed by atoms with Gasteiger partial charge in [-0.15, -0.1) is 0 Å². The van der Waals surface area contributed by atoms with Crippen molar-refractivity contribution in [3.05, 3.63) is 77.9 Å². The second kappa shape index (κ2) is 4.82. The zero-order valence-electron chi connectivity index (χ0n) is 11.6. The van der Waals surface area contributed by atoms with Gasteiger partial charge in [0.05, 0.1) is 0 Å². The molecule has 1 aliphatic carbocycles. The summed E-state index contributed by atoms with van der Waals surface area (Å²) < 4.78 is 0. The summed E-state index contributed by atoms with van der Waals surface area (Å²) in [5.41, 5.74) is 4.32. The molecule has 2 aromatic rings. The van der Waals surface area contributed by atoms with E-state index in [1.54, 1.807) is 0 Å². The van der Waals surface area contributed by atoms with Crippen LogP contribution in [0.4, 0.5) is 5.69 Å². The van der Waals surface area contributed by atoms with Crippen LogP contribution in [0.15, 0.2) is 66.7 Å². The molecule has 2 atom stereocenters. The van der Waals surface area contributed by atoms with Crippen LogP contribution in [-0.2, 0) is 6.54 Å². The Morgan fingerprint density at radius 1 is 0.950 bits per heavy atom. The van der Waals surface area contributed by atoms with Crippen LogP contribution < -0.4 is 4.90 Å². The Morgan fingerprint density at radius 2 is 1.75 bits per heavy atom. The highest BCUT2D eigenvalue weighted by Gasteiger charge is 2.33. The molecule has 0 amide bonds. The van der Waals surface area contributed by atoms with Gasteiger partial charge < -0.3 is 4.90 Å². The Balaban J connectivity index is 1.69. The van der Waals surface area contributed by atoms with Gasteiger partial charge >= 0.3 is 0 Å². The van der Waals surface area contributed by atoms with Crippen molar-refractivity contribution in [3.8, 4) is 0 Å². The van der Waals surface area contributed by atoms with Crippen LogP contribution in [0.25, 0.3) is 0 Å². The molecule has 0 radical (unpaired) electrons. The molecule has 0 bridgehead atoms. The second-order valence-electron chi connectivity index (χ2n) is 5.87. The molecule has 0 fully saturated rings. The summed E-state index contributed by atoms with van der Waals surface area (Å²) in [7, 11) is 0. The number of rotatable bonds is 2. The predicted molar refractivity (Wildman–Crippen MR) is 83.9 cm³/mol. The largest absolute Gasteiger partial charge is 0.367 e.